The van der Waals surface area contributed by atoms with Crippen molar-refractivity contribution in [2.24, 2.45) is 0 Å². The monoisotopic (exact) mass is 406 g/mol. The van der Waals surface area contributed by atoms with E-state index in [0.717, 1.165) is 17.3 Å². The molecule has 7 heteroatoms. The first-order valence-electron chi connectivity index (χ1n) is 9.68. The van der Waals surface area contributed by atoms with Crippen LogP contribution < -0.4 is 10.6 Å². The fourth-order valence-electron chi connectivity index (χ4n) is 3.53. The highest BCUT2D eigenvalue weighted by molar-refractivity contribution is 7.71. The molecule has 1 atom stereocenters. The third-order valence-electron chi connectivity index (χ3n) is 5.14. The SMILES string of the molecule is Cc1ccc(CCNC(=O)CCC2Nc3c4ccccc4nc(=S)n3C2=O)cc1. The summed E-state index contributed by atoms with van der Waals surface area (Å²) in [6.45, 7) is 2.63. The zero-order chi connectivity index (χ0) is 20.4. The Labute approximate surface area is 174 Å². The van der Waals surface area contributed by atoms with E-state index < -0.39 is 6.04 Å². The molecule has 148 valence electrons. The van der Waals surface area contributed by atoms with E-state index in [1.54, 1.807) is 0 Å². The summed E-state index contributed by atoms with van der Waals surface area (Å²) < 4.78 is 1.68. The van der Waals surface area contributed by atoms with Crippen LogP contribution in [0.25, 0.3) is 10.9 Å². The van der Waals surface area contributed by atoms with Crippen molar-refractivity contribution in [2.75, 3.05) is 11.9 Å². The van der Waals surface area contributed by atoms with Crippen molar-refractivity contribution < 1.29 is 9.59 Å². The molecule has 0 saturated carbocycles. The lowest BCUT2D eigenvalue weighted by molar-refractivity contribution is -0.121. The van der Waals surface area contributed by atoms with Crippen LogP contribution >= 0.6 is 12.2 Å². The van der Waals surface area contributed by atoms with Crippen LogP contribution in [0.4, 0.5) is 5.82 Å². The highest BCUT2D eigenvalue weighted by Gasteiger charge is 2.31. The molecule has 6 nitrogen and oxygen atoms in total. The number of amides is 1. The molecule has 2 N–H and O–H groups in total. The zero-order valence-electron chi connectivity index (χ0n) is 16.1. The van der Waals surface area contributed by atoms with Crippen LogP contribution in [0.15, 0.2) is 48.5 Å². The predicted molar refractivity (Wildman–Crippen MR) is 116 cm³/mol. The molecule has 1 aromatic heterocycles. The number of fused-ring (bicyclic) bond motifs is 3. The summed E-state index contributed by atoms with van der Waals surface area (Å²) in [4.78, 5) is 29.3. The molecule has 2 aromatic carbocycles. The molecule has 0 fully saturated rings. The van der Waals surface area contributed by atoms with Crippen LogP contribution in [0.2, 0.25) is 0 Å². The standard InChI is InChI=1S/C22H22N4O2S/c1-14-6-8-15(9-7-14)12-13-23-19(27)11-10-18-21(28)26-20(24-18)16-4-2-3-5-17(16)25-22(26)29/h2-9,18,24H,10-13H2,1H3,(H,23,27). The quantitative estimate of drug-likeness (QED) is 0.611. The Kier molecular flexibility index (Phi) is 5.40. The molecule has 3 aromatic rings. The minimum atomic E-state index is -0.479. The van der Waals surface area contributed by atoms with Gasteiger partial charge in [-0.1, -0.05) is 42.0 Å². The molecule has 1 aliphatic rings. The Morgan fingerprint density at radius 1 is 1.21 bits per heavy atom. The maximum Gasteiger partial charge on any atom is 0.257 e. The smallest absolute Gasteiger partial charge is 0.257 e. The van der Waals surface area contributed by atoms with Crippen LogP contribution in [-0.2, 0) is 11.2 Å². The Morgan fingerprint density at radius 2 is 1.97 bits per heavy atom. The van der Waals surface area contributed by atoms with Gasteiger partial charge in [0.15, 0.2) is 0 Å². The lowest BCUT2D eigenvalue weighted by Crippen LogP contribution is -2.30. The summed E-state index contributed by atoms with van der Waals surface area (Å²) in [7, 11) is 0. The van der Waals surface area contributed by atoms with Crippen molar-refractivity contribution in [3.05, 3.63) is 64.4 Å². The topological polar surface area (TPSA) is 76.0 Å². The van der Waals surface area contributed by atoms with Gasteiger partial charge in [-0.05, 0) is 49.7 Å². The Hall–Kier alpha value is -3.06. The number of carbonyl (C=O) groups excluding carboxylic acids is 2. The second-order valence-corrected chi connectivity index (χ2v) is 7.62. The summed E-state index contributed by atoms with van der Waals surface area (Å²) >= 11 is 5.30. The van der Waals surface area contributed by atoms with Crippen LogP contribution in [0.1, 0.15) is 28.8 Å². The Bertz CT molecular complexity index is 1140. The normalized spacial score (nSPS) is 15.2. The summed E-state index contributed by atoms with van der Waals surface area (Å²) in [5.41, 5.74) is 3.15. The highest BCUT2D eigenvalue weighted by atomic mass is 32.1. The van der Waals surface area contributed by atoms with Crippen molar-refractivity contribution in [3.63, 3.8) is 0 Å². The van der Waals surface area contributed by atoms with E-state index in [1.807, 2.05) is 31.2 Å². The van der Waals surface area contributed by atoms with Crippen molar-refractivity contribution in [3.8, 4) is 0 Å². The van der Waals surface area contributed by atoms with Crippen LogP contribution in [-0.4, -0.2) is 34.0 Å². The number of carbonyl (C=O) groups is 2. The van der Waals surface area contributed by atoms with E-state index in [4.69, 9.17) is 12.2 Å². The summed E-state index contributed by atoms with van der Waals surface area (Å²) in [6.07, 6.45) is 1.45. The second kappa shape index (κ2) is 8.13. The molecular formula is C22H22N4O2S. The number of para-hydroxylation sites is 1. The minimum Gasteiger partial charge on any atom is -0.359 e. The molecular weight excluding hydrogens is 384 g/mol. The molecule has 29 heavy (non-hydrogen) atoms. The Morgan fingerprint density at radius 3 is 2.76 bits per heavy atom. The number of nitrogens with zero attached hydrogens (tertiary/aromatic N) is 2. The molecule has 2 heterocycles. The lowest BCUT2D eigenvalue weighted by atomic mass is 10.1. The first-order chi connectivity index (χ1) is 14.0. The minimum absolute atomic E-state index is 0.0609. The number of rotatable bonds is 6. The van der Waals surface area contributed by atoms with Gasteiger partial charge >= 0.3 is 0 Å². The number of benzene rings is 2. The number of aromatic nitrogens is 2. The maximum absolute atomic E-state index is 12.8. The molecule has 0 aliphatic carbocycles. The number of nitrogens with one attached hydrogen (secondary N) is 2. The van der Waals surface area contributed by atoms with Gasteiger partial charge in [-0.25, -0.2) is 9.55 Å². The van der Waals surface area contributed by atoms with Crippen molar-refractivity contribution in [1.82, 2.24) is 14.9 Å². The fourth-order valence-corrected chi connectivity index (χ4v) is 3.81. The van der Waals surface area contributed by atoms with Gasteiger partial charge in [0, 0.05) is 18.4 Å². The van der Waals surface area contributed by atoms with E-state index in [-0.39, 0.29) is 23.0 Å². The van der Waals surface area contributed by atoms with Crippen LogP contribution in [0.5, 0.6) is 0 Å². The predicted octanol–water partition coefficient (Wildman–Crippen LogP) is 3.65. The number of aryl methyl sites for hydroxylation is 1. The van der Waals surface area contributed by atoms with E-state index in [1.165, 1.54) is 15.7 Å². The van der Waals surface area contributed by atoms with E-state index in [2.05, 4.69) is 39.9 Å². The summed E-state index contributed by atoms with van der Waals surface area (Å²) in [5.74, 6) is 0.445. The number of hydrogen-bond donors (Lipinski definition) is 2. The highest BCUT2D eigenvalue weighted by Crippen LogP contribution is 2.29. The van der Waals surface area contributed by atoms with Gasteiger partial charge in [-0.15, -0.1) is 0 Å². The molecule has 4 rings (SSSR count). The molecule has 1 amide bonds. The first-order valence-corrected chi connectivity index (χ1v) is 10.1. The van der Waals surface area contributed by atoms with Gasteiger partial charge in [0.2, 0.25) is 10.7 Å². The van der Waals surface area contributed by atoms with Gasteiger partial charge in [0.1, 0.15) is 11.9 Å². The average molecular weight is 407 g/mol. The summed E-state index contributed by atoms with van der Waals surface area (Å²) in [5, 5.41) is 7.01. The van der Waals surface area contributed by atoms with Crippen molar-refractivity contribution in [2.45, 2.75) is 32.2 Å². The molecule has 0 spiro atoms. The largest absolute Gasteiger partial charge is 0.359 e. The van der Waals surface area contributed by atoms with Gasteiger partial charge in [0.05, 0.1) is 5.52 Å². The van der Waals surface area contributed by atoms with E-state index in [0.29, 0.717) is 18.8 Å². The molecule has 1 unspecified atom stereocenters. The molecule has 0 saturated heterocycles. The van der Waals surface area contributed by atoms with Crippen LogP contribution in [0.3, 0.4) is 0 Å². The fraction of sp³-hybridized carbons (Fsp3) is 0.273. The number of anilines is 1. The van der Waals surface area contributed by atoms with Crippen molar-refractivity contribution in [1.29, 1.82) is 0 Å². The summed E-state index contributed by atoms with van der Waals surface area (Å²) in [6, 6.07) is 15.4. The van der Waals surface area contributed by atoms with E-state index in [9.17, 15) is 9.59 Å². The maximum atomic E-state index is 12.8. The van der Waals surface area contributed by atoms with Gasteiger partial charge in [-0.3, -0.25) is 9.59 Å². The second-order valence-electron chi connectivity index (χ2n) is 7.25. The first kappa shape index (κ1) is 19.3. The van der Waals surface area contributed by atoms with E-state index >= 15 is 0 Å². The van der Waals surface area contributed by atoms with Crippen molar-refractivity contribution >= 4 is 40.8 Å². The number of hydrogen-bond acceptors (Lipinski definition) is 5. The zero-order valence-corrected chi connectivity index (χ0v) is 17.0. The van der Waals surface area contributed by atoms with Crippen LogP contribution in [0, 0.1) is 11.7 Å². The van der Waals surface area contributed by atoms with Gasteiger partial charge < -0.3 is 10.6 Å². The van der Waals surface area contributed by atoms with Gasteiger partial charge in [-0.2, -0.15) is 0 Å². The molecule has 1 aliphatic heterocycles. The molecule has 0 radical (unpaired) electrons. The average Bonchev–Trinajstić information content (AvgIpc) is 3.05. The third-order valence-corrected chi connectivity index (χ3v) is 5.41. The van der Waals surface area contributed by atoms with Gasteiger partial charge in [0.25, 0.3) is 5.91 Å². The molecule has 0 bridgehead atoms. The lowest BCUT2D eigenvalue weighted by Gasteiger charge is -2.09. The third kappa shape index (κ3) is 4.05. The Balaban J connectivity index is 1.34.